The molecule has 2 nitrogen and oxygen atoms in total. The lowest BCUT2D eigenvalue weighted by Gasteiger charge is -2.45. The summed E-state index contributed by atoms with van der Waals surface area (Å²) in [5, 5.41) is 12.7. The van der Waals surface area contributed by atoms with Gasteiger partial charge in [0.25, 0.3) is 0 Å². The summed E-state index contributed by atoms with van der Waals surface area (Å²) in [5.41, 5.74) is -0.395. The summed E-state index contributed by atoms with van der Waals surface area (Å²) >= 11 is 6.15. The smallest absolute Gasteiger partial charge is 0.153 e. The number of aliphatic hydroxyl groups is 1. The molecule has 1 aromatic carbocycles. The van der Waals surface area contributed by atoms with Crippen molar-refractivity contribution in [1.29, 1.82) is 0 Å². The van der Waals surface area contributed by atoms with Crippen LogP contribution >= 0.6 is 11.6 Å². The van der Waals surface area contributed by atoms with E-state index in [9.17, 15) is 5.11 Å². The molecule has 1 heterocycles. The Balaban J connectivity index is 2.15. The molecule has 1 N–H and O–H groups in total. The standard InChI is InChI=1S/C16H19ClO2/c1-15(2)8-3-4-9-16(15,18)13-10-11-6-5-7-12(17)14(11)19-13/h5-7,10,18H,3-4,8-9H2,1-2H3. The summed E-state index contributed by atoms with van der Waals surface area (Å²) in [4.78, 5) is 0. The zero-order valence-electron chi connectivity index (χ0n) is 11.4. The molecule has 1 aliphatic rings. The molecular weight excluding hydrogens is 260 g/mol. The molecule has 1 unspecified atom stereocenters. The van der Waals surface area contributed by atoms with Gasteiger partial charge in [-0.05, 0) is 25.0 Å². The van der Waals surface area contributed by atoms with E-state index in [4.69, 9.17) is 16.0 Å². The molecule has 102 valence electrons. The summed E-state index contributed by atoms with van der Waals surface area (Å²) < 4.78 is 5.89. The van der Waals surface area contributed by atoms with Crippen molar-refractivity contribution in [2.24, 2.45) is 5.41 Å². The van der Waals surface area contributed by atoms with Gasteiger partial charge in [0, 0.05) is 10.8 Å². The van der Waals surface area contributed by atoms with E-state index in [-0.39, 0.29) is 5.41 Å². The van der Waals surface area contributed by atoms with Crippen molar-refractivity contribution in [3.8, 4) is 0 Å². The van der Waals surface area contributed by atoms with Crippen molar-refractivity contribution in [3.05, 3.63) is 35.0 Å². The van der Waals surface area contributed by atoms with Gasteiger partial charge in [-0.2, -0.15) is 0 Å². The molecule has 0 bridgehead atoms. The average Bonchev–Trinajstić information content (AvgIpc) is 2.79. The van der Waals surface area contributed by atoms with Gasteiger partial charge in [0.1, 0.15) is 11.4 Å². The number of rotatable bonds is 1. The predicted octanol–water partition coefficient (Wildman–Crippen LogP) is 4.87. The summed E-state index contributed by atoms with van der Waals surface area (Å²) in [6, 6.07) is 7.62. The number of furan rings is 1. The zero-order chi connectivity index (χ0) is 13.7. The Hall–Kier alpha value is -0.990. The Morgan fingerprint density at radius 3 is 2.63 bits per heavy atom. The third kappa shape index (κ3) is 1.89. The van der Waals surface area contributed by atoms with Crippen LogP contribution in [0.15, 0.2) is 28.7 Å². The van der Waals surface area contributed by atoms with Crippen LogP contribution in [0.2, 0.25) is 5.02 Å². The normalized spacial score (nSPS) is 26.7. The van der Waals surface area contributed by atoms with Crippen LogP contribution in [0, 0.1) is 5.41 Å². The van der Waals surface area contributed by atoms with Crippen LogP contribution in [0.3, 0.4) is 0 Å². The molecule has 2 aromatic rings. The highest BCUT2D eigenvalue weighted by Crippen LogP contribution is 2.51. The second-order valence-electron chi connectivity index (χ2n) is 6.22. The lowest BCUT2D eigenvalue weighted by molar-refractivity contribution is -0.117. The van der Waals surface area contributed by atoms with Crippen molar-refractivity contribution < 1.29 is 9.52 Å². The monoisotopic (exact) mass is 278 g/mol. The number of halogens is 1. The molecule has 0 saturated heterocycles. The fraction of sp³-hybridized carbons (Fsp3) is 0.500. The molecule has 1 aliphatic carbocycles. The predicted molar refractivity (Wildman–Crippen MR) is 77.4 cm³/mol. The van der Waals surface area contributed by atoms with Crippen LogP contribution in [0.25, 0.3) is 11.0 Å². The quantitative estimate of drug-likeness (QED) is 0.807. The minimum Gasteiger partial charge on any atom is -0.456 e. The van der Waals surface area contributed by atoms with Gasteiger partial charge in [-0.3, -0.25) is 0 Å². The molecule has 1 fully saturated rings. The van der Waals surface area contributed by atoms with Crippen molar-refractivity contribution in [3.63, 3.8) is 0 Å². The van der Waals surface area contributed by atoms with Crippen molar-refractivity contribution in [2.45, 2.75) is 45.1 Å². The number of hydrogen-bond acceptors (Lipinski definition) is 2. The SMILES string of the molecule is CC1(C)CCCCC1(O)c1cc2cccc(Cl)c2o1. The van der Waals surface area contributed by atoms with Crippen LogP contribution in [-0.2, 0) is 5.60 Å². The first kappa shape index (κ1) is 13.0. The van der Waals surface area contributed by atoms with Crippen molar-refractivity contribution in [2.75, 3.05) is 0 Å². The van der Waals surface area contributed by atoms with E-state index >= 15 is 0 Å². The van der Waals surface area contributed by atoms with Crippen LogP contribution in [0.4, 0.5) is 0 Å². The maximum Gasteiger partial charge on any atom is 0.153 e. The van der Waals surface area contributed by atoms with Crippen LogP contribution in [-0.4, -0.2) is 5.11 Å². The minimum atomic E-state index is -0.895. The van der Waals surface area contributed by atoms with E-state index in [1.165, 1.54) is 0 Å². The number of hydrogen-bond donors (Lipinski definition) is 1. The largest absolute Gasteiger partial charge is 0.456 e. The first-order valence-electron chi connectivity index (χ1n) is 6.85. The highest BCUT2D eigenvalue weighted by molar-refractivity contribution is 6.34. The lowest BCUT2D eigenvalue weighted by Crippen LogP contribution is -2.44. The van der Waals surface area contributed by atoms with E-state index in [1.54, 1.807) is 0 Å². The van der Waals surface area contributed by atoms with E-state index < -0.39 is 5.60 Å². The van der Waals surface area contributed by atoms with E-state index in [0.29, 0.717) is 16.4 Å². The van der Waals surface area contributed by atoms with Gasteiger partial charge in [-0.25, -0.2) is 0 Å². The zero-order valence-corrected chi connectivity index (χ0v) is 12.1. The Labute approximate surface area is 118 Å². The molecule has 19 heavy (non-hydrogen) atoms. The lowest BCUT2D eigenvalue weighted by atomic mass is 9.64. The summed E-state index contributed by atoms with van der Waals surface area (Å²) in [5.74, 6) is 0.653. The molecule has 1 saturated carbocycles. The molecule has 0 amide bonds. The van der Waals surface area contributed by atoms with Gasteiger partial charge >= 0.3 is 0 Å². The maximum atomic E-state index is 11.1. The minimum absolute atomic E-state index is 0.175. The second kappa shape index (κ2) is 4.26. The van der Waals surface area contributed by atoms with Gasteiger partial charge in [-0.15, -0.1) is 0 Å². The summed E-state index contributed by atoms with van der Waals surface area (Å²) in [7, 11) is 0. The Morgan fingerprint density at radius 1 is 1.21 bits per heavy atom. The molecular formula is C16H19ClO2. The van der Waals surface area contributed by atoms with E-state index in [2.05, 4.69) is 13.8 Å². The molecule has 0 aliphatic heterocycles. The Kier molecular flexibility index (Phi) is 2.91. The molecule has 0 radical (unpaired) electrons. The molecule has 3 rings (SSSR count). The Bertz CT molecular complexity index is 614. The molecule has 0 spiro atoms. The highest BCUT2D eigenvalue weighted by Gasteiger charge is 2.48. The van der Waals surface area contributed by atoms with E-state index in [1.807, 2.05) is 24.3 Å². The number of benzene rings is 1. The second-order valence-corrected chi connectivity index (χ2v) is 6.63. The third-order valence-electron chi connectivity index (χ3n) is 4.61. The summed E-state index contributed by atoms with van der Waals surface area (Å²) in [6.07, 6.45) is 3.95. The average molecular weight is 279 g/mol. The number of fused-ring (bicyclic) bond motifs is 1. The topological polar surface area (TPSA) is 33.4 Å². The molecule has 1 aromatic heterocycles. The first-order chi connectivity index (χ1) is 8.94. The van der Waals surface area contributed by atoms with Gasteiger partial charge in [0.15, 0.2) is 5.58 Å². The maximum absolute atomic E-state index is 11.1. The van der Waals surface area contributed by atoms with Gasteiger partial charge < -0.3 is 9.52 Å². The van der Waals surface area contributed by atoms with Gasteiger partial charge in [0.05, 0.1) is 5.02 Å². The summed E-state index contributed by atoms with van der Waals surface area (Å²) in [6.45, 7) is 4.22. The van der Waals surface area contributed by atoms with Crippen LogP contribution < -0.4 is 0 Å². The van der Waals surface area contributed by atoms with E-state index in [0.717, 1.165) is 31.1 Å². The van der Waals surface area contributed by atoms with Gasteiger partial charge in [0.2, 0.25) is 0 Å². The van der Waals surface area contributed by atoms with Crippen LogP contribution in [0.1, 0.15) is 45.3 Å². The van der Waals surface area contributed by atoms with Crippen LogP contribution in [0.5, 0.6) is 0 Å². The highest BCUT2D eigenvalue weighted by atomic mass is 35.5. The van der Waals surface area contributed by atoms with Crippen molar-refractivity contribution >= 4 is 22.6 Å². The van der Waals surface area contributed by atoms with Gasteiger partial charge in [-0.1, -0.05) is 50.4 Å². The van der Waals surface area contributed by atoms with Crippen molar-refractivity contribution in [1.82, 2.24) is 0 Å². The third-order valence-corrected chi connectivity index (χ3v) is 4.91. The Morgan fingerprint density at radius 2 is 1.95 bits per heavy atom. The molecule has 3 heteroatoms. The molecule has 1 atom stereocenters. The fourth-order valence-corrected chi connectivity index (χ4v) is 3.40. The number of para-hydroxylation sites is 1. The fourth-order valence-electron chi connectivity index (χ4n) is 3.18. The first-order valence-corrected chi connectivity index (χ1v) is 7.23.